The number of aryl methyl sites for hydroxylation is 2. The maximum atomic E-state index is 5.94. The Morgan fingerprint density at radius 1 is 0.548 bits per heavy atom. The molecule has 0 saturated carbocycles. The zero-order valence-electron chi connectivity index (χ0n) is 25.7. The molecule has 0 saturated heterocycles. The van der Waals surface area contributed by atoms with Crippen LogP contribution in [0.5, 0.6) is 11.5 Å². The van der Waals surface area contributed by atoms with Crippen molar-refractivity contribution in [2.45, 2.75) is 77.0 Å². The Hall–Kier alpha value is -3.92. The first-order valence-corrected chi connectivity index (χ1v) is 15.5. The van der Waals surface area contributed by atoms with Gasteiger partial charge in [-0.1, -0.05) is 63.8 Å². The van der Waals surface area contributed by atoms with Gasteiger partial charge in [0.15, 0.2) is 11.5 Å². The van der Waals surface area contributed by atoms with Crippen LogP contribution in [0.4, 0.5) is 0 Å². The van der Waals surface area contributed by atoms with Crippen LogP contribution in [-0.4, -0.2) is 24.2 Å². The van der Waals surface area contributed by atoms with Gasteiger partial charge in [0.1, 0.15) is 0 Å². The zero-order valence-corrected chi connectivity index (χ0v) is 25.7. The van der Waals surface area contributed by atoms with Crippen LogP contribution in [0.3, 0.4) is 0 Å². The van der Waals surface area contributed by atoms with Crippen LogP contribution in [0.15, 0.2) is 60.7 Å². The van der Waals surface area contributed by atoms with E-state index in [-0.39, 0.29) is 10.8 Å². The van der Waals surface area contributed by atoms with Crippen LogP contribution in [0.2, 0.25) is 0 Å². The van der Waals surface area contributed by atoms with E-state index in [0.717, 1.165) is 72.1 Å². The van der Waals surface area contributed by atoms with Crippen LogP contribution in [0.1, 0.15) is 96.9 Å². The molecule has 2 bridgehead atoms. The number of nitrogens with zero attached hydrogens (tertiary/aromatic N) is 2. The van der Waals surface area contributed by atoms with E-state index in [2.05, 4.69) is 88.4 Å². The molecule has 42 heavy (non-hydrogen) atoms. The van der Waals surface area contributed by atoms with E-state index >= 15 is 0 Å². The van der Waals surface area contributed by atoms with E-state index < -0.39 is 0 Å². The predicted octanol–water partition coefficient (Wildman–Crippen LogP) is 9.09. The van der Waals surface area contributed by atoms with Crippen molar-refractivity contribution in [1.82, 2.24) is 9.97 Å². The van der Waals surface area contributed by atoms with E-state index in [1.54, 1.807) is 14.2 Å². The van der Waals surface area contributed by atoms with Gasteiger partial charge in [-0.15, -0.1) is 0 Å². The summed E-state index contributed by atoms with van der Waals surface area (Å²) in [4.78, 5) is 10.5. The first-order chi connectivity index (χ1) is 20.4. The summed E-state index contributed by atoms with van der Waals surface area (Å²) in [5.74, 6) is 1.59. The molecular formula is C38H40N2O2. The van der Waals surface area contributed by atoms with Crippen LogP contribution < -0.4 is 9.47 Å². The van der Waals surface area contributed by atoms with E-state index in [1.807, 2.05) is 0 Å². The Kier molecular flexibility index (Phi) is 6.31. The van der Waals surface area contributed by atoms with Gasteiger partial charge in [0.25, 0.3) is 0 Å². The van der Waals surface area contributed by atoms with Gasteiger partial charge in [-0.25, -0.2) is 9.97 Å². The molecule has 1 aromatic heterocycles. The van der Waals surface area contributed by atoms with Gasteiger partial charge in [0.2, 0.25) is 0 Å². The number of methoxy groups -OCH3 is 2. The van der Waals surface area contributed by atoms with Gasteiger partial charge in [-0.2, -0.15) is 0 Å². The lowest BCUT2D eigenvalue weighted by atomic mass is 9.45. The SMILES string of the molecule is CCCCC12c3ccccc3C(CCCC)(c3cc(OC)c(OC)cc31)c1cc3nc4cc(C)c(C)cc4nc3cc12. The van der Waals surface area contributed by atoms with Crippen molar-refractivity contribution in [1.29, 1.82) is 0 Å². The molecule has 2 atom stereocenters. The average molecular weight is 557 g/mol. The molecule has 4 aromatic carbocycles. The van der Waals surface area contributed by atoms with Crippen LogP contribution >= 0.6 is 0 Å². The summed E-state index contributed by atoms with van der Waals surface area (Å²) >= 11 is 0. The van der Waals surface area contributed by atoms with E-state index in [9.17, 15) is 0 Å². The molecule has 4 nitrogen and oxygen atoms in total. The highest BCUT2D eigenvalue weighted by Gasteiger charge is 2.58. The number of ether oxygens (including phenoxy) is 2. The summed E-state index contributed by atoms with van der Waals surface area (Å²) in [5.41, 5.74) is 14.1. The fraction of sp³-hybridized carbons (Fsp3) is 0.368. The summed E-state index contributed by atoms with van der Waals surface area (Å²) in [6.07, 6.45) is 6.52. The molecular weight excluding hydrogens is 516 g/mol. The number of unbranched alkanes of at least 4 members (excludes halogenated alkanes) is 2. The molecule has 3 aliphatic carbocycles. The first kappa shape index (κ1) is 26.9. The molecule has 3 aliphatic rings. The van der Waals surface area contributed by atoms with Crippen molar-refractivity contribution in [3.63, 3.8) is 0 Å². The minimum atomic E-state index is -0.307. The zero-order chi connectivity index (χ0) is 29.2. The Bertz CT molecular complexity index is 1740. The Morgan fingerprint density at radius 2 is 0.929 bits per heavy atom. The smallest absolute Gasteiger partial charge is 0.161 e. The highest BCUT2D eigenvalue weighted by molar-refractivity contribution is 5.90. The molecule has 0 radical (unpaired) electrons. The van der Waals surface area contributed by atoms with Crippen molar-refractivity contribution in [3.05, 3.63) is 105 Å². The van der Waals surface area contributed by atoms with E-state index in [4.69, 9.17) is 19.4 Å². The molecule has 214 valence electrons. The van der Waals surface area contributed by atoms with Gasteiger partial charge >= 0.3 is 0 Å². The van der Waals surface area contributed by atoms with Crippen molar-refractivity contribution in [3.8, 4) is 11.5 Å². The molecule has 1 heterocycles. The highest BCUT2D eigenvalue weighted by atomic mass is 16.5. The van der Waals surface area contributed by atoms with Gasteiger partial charge in [-0.05, 0) is 108 Å². The standard InChI is InChI=1S/C38H40N2O2/c1-7-9-15-37-25-13-11-12-14-26(25)38(16-10-8-2,30-22-36(42-6)35(41-5)21-29(30)37)28-20-34-33(19-27(28)37)39-31-17-23(3)24(4)18-32(31)40-34/h11-14,17-22H,7-10,15-16H2,1-6H3. The van der Waals surface area contributed by atoms with E-state index in [1.165, 1.54) is 44.5 Å². The molecule has 4 heteroatoms. The van der Waals surface area contributed by atoms with Crippen molar-refractivity contribution in [2.75, 3.05) is 14.2 Å². The molecule has 0 fully saturated rings. The lowest BCUT2D eigenvalue weighted by Gasteiger charge is -2.57. The van der Waals surface area contributed by atoms with Crippen molar-refractivity contribution < 1.29 is 9.47 Å². The Balaban J connectivity index is 1.66. The number of aromatic nitrogens is 2. The summed E-state index contributed by atoms with van der Waals surface area (Å²) < 4.78 is 11.9. The maximum Gasteiger partial charge on any atom is 0.161 e. The number of hydrogen-bond acceptors (Lipinski definition) is 4. The number of hydrogen-bond donors (Lipinski definition) is 0. The Morgan fingerprint density at radius 3 is 1.31 bits per heavy atom. The monoisotopic (exact) mass is 556 g/mol. The average Bonchev–Trinajstić information content (AvgIpc) is 3.01. The fourth-order valence-corrected chi connectivity index (χ4v) is 8.06. The fourth-order valence-electron chi connectivity index (χ4n) is 8.06. The second-order valence-electron chi connectivity index (χ2n) is 12.4. The normalized spacial score (nSPS) is 20.0. The quantitative estimate of drug-likeness (QED) is 0.179. The molecule has 0 N–H and O–H groups in total. The summed E-state index contributed by atoms with van der Waals surface area (Å²) in [6, 6.07) is 22.9. The third kappa shape index (κ3) is 3.47. The number of benzene rings is 4. The largest absolute Gasteiger partial charge is 0.493 e. The number of fused-ring (bicyclic) bond motifs is 2. The topological polar surface area (TPSA) is 44.2 Å². The minimum absolute atomic E-state index is 0.307. The van der Waals surface area contributed by atoms with Gasteiger partial charge in [0.05, 0.1) is 36.3 Å². The van der Waals surface area contributed by atoms with Crippen molar-refractivity contribution >= 4 is 22.1 Å². The van der Waals surface area contributed by atoms with Crippen LogP contribution in [0.25, 0.3) is 22.1 Å². The lowest BCUT2D eigenvalue weighted by Crippen LogP contribution is -2.51. The third-order valence-electron chi connectivity index (χ3n) is 10.2. The lowest BCUT2D eigenvalue weighted by molar-refractivity contribution is 0.346. The second kappa shape index (κ2) is 9.83. The van der Waals surface area contributed by atoms with Crippen LogP contribution in [-0.2, 0) is 10.8 Å². The maximum absolute atomic E-state index is 5.94. The molecule has 0 amide bonds. The summed E-state index contributed by atoms with van der Waals surface area (Å²) in [7, 11) is 3.49. The second-order valence-corrected chi connectivity index (χ2v) is 12.4. The first-order valence-electron chi connectivity index (χ1n) is 15.5. The summed E-state index contributed by atoms with van der Waals surface area (Å²) in [6.45, 7) is 8.88. The summed E-state index contributed by atoms with van der Waals surface area (Å²) in [5, 5.41) is 0. The predicted molar refractivity (Wildman–Crippen MR) is 171 cm³/mol. The molecule has 0 aliphatic heterocycles. The molecule has 8 rings (SSSR count). The van der Waals surface area contributed by atoms with Gasteiger partial charge in [0, 0.05) is 10.8 Å². The molecule has 2 unspecified atom stereocenters. The minimum Gasteiger partial charge on any atom is -0.493 e. The number of rotatable bonds is 8. The third-order valence-corrected chi connectivity index (χ3v) is 10.2. The van der Waals surface area contributed by atoms with Gasteiger partial charge in [-0.3, -0.25) is 0 Å². The molecule has 5 aromatic rings. The highest BCUT2D eigenvalue weighted by Crippen LogP contribution is 2.66. The molecule has 0 spiro atoms. The van der Waals surface area contributed by atoms with Crippen molar-refractivity contribution in [2.24, 2.45) is 0 Å². The van der Waals surface area contributed by atoms with Gasteiger partial charge < -0.3 is 9.47 Å². The van der Waals surface area contributed by atoms with E-state index in [0.29, 0.717) is 0 Å². The Labute approximate surface area is 249 Å². The van der Waals surface area contributed by atoms with Crippen LogP contribution in [0, 0.1) is 13.8 Å².